The molecule has 2 aromatic rings. The number of rotatable bonds is 4. The van der Waals surface area contributed by atoms with Gasteiger partial charge in [-0.15, -0.1) is 0 Å². The number of ether oxygens (including phenoxy) is 1. The van der Waals surface area contributed by atoms with Crippen molar-refractivity contribution in [1.82, 2.24) is 9.97 Å². The molecule has 2 aromatic heterocycles. The van der Waals surface area contributed by atoms with Crippen molar-refractivity contribution in [2.24, 2.45) is 0 Å². The quantitative estimate of drug-likeness (QED) is 0.851. The molecule has 0 fully saturated rings. The minimum absolute atomic E-state index is 0.429. The Balaban J connectivity index is 2.06. The van der Waals surface area contributed by atoms with Crippen LogP contribution in [0, 0.1) is 6.92 Å². The van der Waals surface area contributed by atoms with E-state index in [1.807, 2.05) is 19.1 Å². The van der Waals surface area contributed by atoms with Crippen molar-refractivity contribution in [1.29, 1.82) is 0 Å². The third-order valence-electron chi connectivity index (χ3n) is 2.28. The molecule has 0 radical (unpaired) electrons. The molecule has 0 saturated carbocycles. The predicted octanol–water partition coefficient (Wildman–Crippen LogP) is 2.68. The number of carboxylic acids is 1. The van der Waals surface area contributed by atoms with Crippen LogP contribution in [0.5, 0.6) is 11.6 Å². The van der Waals surface area contributed by atoms with Crippen LogP contribution in [-0.2, 0) is 4.79 Å². The van der Waals surface area contributed by atoms with Gasteiger partial charge < -0.3 is 9.84 Å². The molecule has 5 heteroatoms. The molecule has 19 heavy (non-hydrogen) atoms. The van der Waals surface area contributed by atoms with E-state index in [4.69, 9.17) is 9.84 Å². The van der Waals surface area contributed by atoms with E-state index in [0.717, 1.165) is 11.8 Å². The molecule has 0 amide bonds. The molecule has 96 valence electrons. The van der Waals surface area contributed by atoms with Crippen molar-refractivity contribution in [3.8, 4) is 11.6 Å². The average molecular weight is 256 g/mol. The number of hydrogen-bond acceptors (Lipinski definition) is 4. The average Bonchev–Trinajstić information content (AvgIpc) is 2.40. The zero-order valence-electron chi connectivity index (χ0n) is 10.3. The zero-order chi connectivity index (χ0) is 13.7. The maximum absolute atomic E-state index is 10.4. The highest BCUT2D eigenvalue weighted by molar-refractivity contribution is 5.85. The lowest BCUT2D eigenvalue weighted by Gasteiger charge is -2.04. The third kappa shape index (κ3) is 3.92. The van der Waals surface area contributed by atoms with E-state index < -0.39 is 5.97 Å². The lowest BCUT2D eigenvalue weighted by molar-refractivity contribution is -0.131. The van der Waals surface area contributed by atoms with Gasteiger partial charge in [0.1, 0.15) is 5.75 Å². The van der Waals surface area contributed by atoms with Gasteiger partial charge in [0.2, 0.25) is 5.88 Å². The van der Waals surface area contributed by atoms with Crippen LogP contribution in [0.4, 0.5) is 0 Å². The highest BCUT2D eigenvalue weighted by atomic mass is 16.5. The Morgan fingerprint density at radius 2 is 2.05 bits per heavy atom. The molecular formula is C14H12N2O3. The number of carbonyl (C=O) groups is 1. The van der Waals surface area contributed by atoms with Crippen LogP contribution in [0.15, 0.2) is 42.7 Å². The highest BCUT2D eigenvalue weighted by Gasteiger charge is 1.99. The Morgan fingerprint density at radius 1 is 1.21 bits per heavy atom. The van der Waals surface area contributed by atoms with Crippen molar-refractivity contribution in [2.45, 2.75) is 6.92 Å². The maximum Gasteiger partial charge on any atom is 0.328 e. The summed E-state index contributed by atoms with van der Waals surface area (Å²) in [6.45, 7) is 1.89. The minimum Gasteiger partial charge on any atom is -0.478 e. The first-order valence-electron chi connectivity index (χ1n) is 5.61. The van der Waals surface area contributed by atoms with Crippen LogP contribution >= 0.6 is 0 Å². The van der Waals surface area contributed by atoms with E-state index in [0.29, 0.717) is 17.2 Å². The molecule has 0 unspecified atom stereocenters. The lowest BCUT2D eigenvalue weighted by atomic mass is 10.2. The Morgan fingerprint density at radius 3 is 2.63 bits per heavy atom. The van der Waals surface area contributed by atoms with Gasteiger partial charge in [-0.1, -0.05) is 0 Å². The molecule has 0 spiro atoms. The van der Waals surface area contributed by atoms with Crippen LogP contribution in [0.3, 0.4) is 0 Å². The van der Waals surface area contributed by atoms with E-state index in [1.165, 1.54) is 12.3 Å². The summed E-state index contributed by atoms with van der Waals surface area (Å²) >= 11 is 0. The van der Waals surface area contributed by atoms with Gasteiger partial charge in [-0.05, 0) is 36.8 Å². The second kappa shape index (κ2) is 5.77. The van der Waals surface area contributed by atoms with Gasteiger partial charge in [-0.2, -0.15) is 0 Å². The van der Waals surface area contributed by atoms with Crippen molar-refractivity contribution < 1.29 is 14.6 Å². The summed E-state index contributed by atoms with van der Waals surface area (Å²) in [6.07, 6.45) is 5.68. The summed E-state index contributed by atoms with van der Waals surface area (Å²) in [4.78, 5) is 18.6. The maximum atomic E-state index is 10.4. The molecule has 0 aliphatic heterocycles. The van der Waals surface area contributed by atoms with Gasteiger partial charge in [0.15, 0.2) is 0 Å². The molecule has 0 aliphatic rings. The number of aliphatic carboxylic acids is 1. The van der Waals surface area contributed by atoms with Gasteiger partial charge in [0.25, 0.3) is 0 Å². The van der Waals surface area contributed by atoms with Crippen LogP contribution in [0.2, 0.25) is 0 Å². The first-order chi connectivity index (χ1) is 9.13. The molecule has 1 N–H and O–H groups in total. The predicted molar refractivity (Wildman–Crippen MR) is 70.0 cm³/mol. The second-order valence-corrected chi connectivity index (χ2v) is 3.84. The van der Waals surface area contributed by atoms with Gasteiger partial charge in [0.05, 0.1) is 6.20 Å². The number of nitrogens with zero attached hydrogens (tertiary/aromatic N) is 2. The molecule has 0 aromatic carbocycles. The van der Waals surface area contributed by atoms with Crippen molar-refractivity contribution >= 4 is 12.0 Å². The fourth-order valence-electron chi connectivity index (χ4n) is 1.35. The molecule has 5 nitrogen and oxygen atoms in total. The molecule has 2 heterocycles. The fraction of sp³-hybridized carbons (Fsp3) is 0.0714. The molecule has 0 bridgehead atoms. The summed E-state index contributed by atoms with van der Waals surface area (Å²) in [5.41, 5.74) is 1.60. The topological polar surface area (TPSA) is 72.3 Å². The van der Waals surface area contributed by atoms with E-state index in [9.17, 15) is 4.79 Å². The fourth-order valence-corrected chi connectivity index (χ4v) is 1.35. The summed E-state index contributed by atoms with van der Waals surface area (Å²) < 4.78 is 5.50. The SMILES string of the molecule is Cc1ccc(Oc2ccc(/C=C/C(=O)O)cn2)cn1. The first-order valence-corrected chi connectivity index (χ1v) is 5.61. The monoisotopic (exact) mass is 256 g/mol. The summed E-state index contributed by atoms with van der Waals surface area (Å²) in [5.74, 6) is 0.0381. The number of aromatic nitrogens is 2. The standard InChI is InChI=1S/C14H12N2O3/c1-10-2-5-12(9-15-10)19-13-6-3-11(8-16-13)4-7-14(17)18/h2-9H,1H3,(H,17,18)/b7-4+. The van der Waals surface area contributed by atoms with Crippen LogP contribution < -0.4 is 4.74 Å². The van der Waals surface area contributed by atoms with E-state index in [1.54, 1.807) is 18.3 Å². The van der Waals surface area contributed by atoms with Gasteiger partial charge in [-0.25, -0.2) is 9.78 Å². The molecule has 0 saturated heterocycles. The van der Waals surface area contributed by atoms with Crippen LogP contribution in [-0.4, -0.2) is 21.0 Å². The number of pyridine rings is 2. The van der Waals surface area contributed by atoms with Gasteiger partial charge in [-0.3, -0.25) is 4.98 Å². The number of hydrogen-bond donors (Lipinski definition) is 1. The Labute approximate surface area is 110 Å². The molecule has 2 rings (SSSR count). The van der Waals surface area contributed by atoms with Gasteiger partial charge >= 0.3 is 5.97 Å². The largest absolute Gasteiger partial charge is 0.478 e. The number of carboxylic acid groups (broad SMARTS) is 1. The second-order valence-electron chi connectivity index (χ2n) is 3.84. The molecular weight excluding hydrogens is 244 g/mol. The summed E-state index contributed by atoms with van der Waals surface area (Å²) in [6, 6.07) is 7.05. The van der Waals surface area contributed by atoms with Crippen LogP contribution in [0.25, 0.3) is 6.08 Å². The van der Waals surface area contributed by atoms with Gasteiger partial charge in [0, 0.05) is 24.0 Å². The summed E-state index contributed by atoms with van der Waals surface area (Å²) in [5, 5.41) is 8.51. The van der Waals surface area contributed by atoms with Crippen LogP contribution in [0.1, 0.15) is 11.3 Å². The van der Waals surface area contributed by atoms with E-state index in [2.05, 4.69) is 9.97 Å². The highest BCUT2D eigenvalue weighted by Crippen LogP contribution is 2.18. The zero-order valence-corrected chi connectivity index (χ0v) is 10.3. The van der Waals surface area contributed by atoms with Crippen molar-refractivity contribution in [3.05, 3.63) is 54.0 Å². The first kappa shape index (κ1) is 12.8. The van der Waals surface area contributed by atoms with E-state index in [-0.39, 0.29) is 0 Å². The Kier molecular flexibility index (Phi) is 3.87. The molecule has 0 atom stereocenters. The Hall–Kier alpha value is -2.69. The van der Waals surface area contributed by atoms with Crippen molar-refractivity contribution in [2.75, 3.05) is 0 Å². The minimum atomic E-state index is -0.994. The summed E-state index contributed by atoms with van der Waals surface area (Å²) in [7, 11) is 0. The smallest absolute Gasteiger partial charge is 0.328 e. The normalized spacial score (nSPS) is 10.6. The van der Waals surface area contributed by atoms with E-state index >= 15 is 0 Å². The number of aryl methyl sites for hydroxylation is 1. The van der Waals surface area contributed by atoms with Crippen molar-refractivity contribution in [3.63, 3.8) is 0 Å². The Bertz CT molecular complexity index is 589. The lowest BCUT2D eigenvalue weighted by Crippen LogP contribution is -1.90. The third-order valence-corrected chi connectivity index (χ3v) is 2.28. The molecule has 0 aliphatic carbocycles.